The number of amides is 2. The van der Waals surface area contributed by atoms with Crippen LogP contribution in [-0.2, 0) is 9.59 Å². The van der Waals surface area contributed by atoms with Crippen LogP contribution in [0.2, 0.25) is 0 Å². The second-order valence-corrected chi connectivity index (χ2v) is 8.45. The van der Waals surface area contributed by atoms with Gasteiger partial charge in [-0.05, 0) is 57.4 Å². The predicted octanol–water partition coefficient (Wildman–Crippen LogP) is 2.61. The van der Waals surface area contributed by atoms with Gasteiger partial charge in [0, 0.05) is 29.9 Å². The number of fused-ring (bicyclic) bond motifs is 1. The number of carbonyl (C=O) groups is 3. The average Bonchev–Trinajstić information content (AvgIpc) is 3.20. The lowest BCUT2D eigenvalue weighted by Crippen LogP contribution is -2.29. The number of H-pyrrole nitrogens is 1. The molecule has 182 valence electrons. The van der Waals surface area contributed by atoms with Crippen molar-refractivity contribution in [2.45, 2.75) is 52.2 Å². The molecule has 8 nitrogen and oxygen atoms in total. The summed E-state index contributed by atoms with van der Waals surface area (Å²) in [6.45, 7) is 4.81. The van der Waals surface area contributed by atoms with Crippen molar-refractivity contribution < 1.29 is 33.4 Å². The van der Waals surface area contributed by atoms with Crippen molar-refractivity contribution in [1.29, 1.82) is 0 Å². The standard InChI is InChI=1S/C24H27F2N3O5/c1-11(30)8-15(32)9-14(31)6-7-27-24(34)20-12(2)19(28-13(20)3)10-16-21-18(29-23(16)33)5-4-17(25)22(21)26/h4-5,10,14-15,28,31-32H,6-9H2,1-3H3,(H,27,34)(H,29,33)/b16-10-. The van der Waals surface area contributed by atoms with Crippen molar-refractivity contribution in [2.24, 2.45) is 0 Å². The van der Waals surface area contributed by atoms with Gasteiger partial charge < -0.3 is 25.8 Å². The molecule has 0 saturated carbocycles. The summed E-state index contributed by atoms with van der Waals surface area (Å²) in [5, 5.41) is 24.9. The lowest BCUT2D eigenvalue weighted by Gasteiger charge is -2.15. The van der Waals surface area contributed by atoms with Gasteiger partial charge in [-0.3, -0.25) is 14.4 Å². The van der Waals surface area contributed by atoms with Crippen molar-refractivity contribution in [2.75, 3.05) is 11.9 Å². The zero-order chi connectivity index (χ0) is 25.2. The molecule has 2 atom stereocenters. The summed E-state index contributed by atoms with van der Waals surface area (Å²) in [4.78, 5) is 39.1. The summed E-state index contributed by atoms with van der Waals surface area (Å²) in [7, 11) is 0. The van der Waals surface area contributed by atoms with Gasteiger partial charge in [0.05, 0.1) is 29.0 Å². The number of anilines is 1. The third-order valence-electron chi connectivity index (χ3n) is 5.68. The highest BCUT2D eigenvalue weighted by Crippen LogP contribution is 2.36. The lowest BCUT2D eigenvalue weighted by molar-refractivity contribution is -0.119. The van der Waals surface area contributed by atoms with E-state index in [0.29, 0.717) is 22.5 Å². The van der Waals surface area contributed by atoms with Gasteiger partial charge in [0.1, 0.15) is 5.78 Å². The first kappa shape index (κ1) is 25.3. The maximum Gasteiger partial charge on any atom is 0.256 e. The zero-order valence-corrected chi connectivity index (χ0v) is 19.1. The number of benzene rings is 1. The van der Waals surface area contributed by atoms with Crippen LogP contribution in [0.1, 0.15) is 59.1 Å². The number of hydrogen-bond acceptors (Lipinski definition) is 5. The molecule has 2 heterocycles. The fraction of sp³-hybridized carbons (Fsp3) is 0.375. The van der Waals surface area contributed by atoms with E-state index in [1.54, 1.807) is 13.8 Å². The van der Waals surface area contributed by atoms with Crippen molar-refractivity contribution >= 4 is 34.9 Å². The summed E-state index contributed by atoms with van der Waals surface area (Å²) >= 11 is 0. The molecule has 0 radical (unpaired) electrons. The molecule has 2 amide bonds. The summed E-state index contributed by atoms with van der Waals surface area (Å²) in [6.07, 6.45) is -0.285. The van der Waals surface area contributed by atoms with E-state index in [-0.39, 0.29) is 48.4 Å². The van der Waals surface area contributed by atoms with Crippen LogP contribution < -0.4 is 10.6 Å². The number of Topliss-reactive ketones (excluding diaryl/α,β-unsaturated/α-hetero) is 1. The molecule has 2 unspecified atom stereocenters. The number of aliphatic hydroxyl groups excluding tert-OH is 2. The second kappa shape index (κ2) is 10.3. The Kier molecular flexibility index (Phi) is 7.63. The van der Waals surface area contributed by atoms with E-state index < -0.39 is 35.7 Å². The lowest BCUT2D eigenvalue weighted by atomic mass is 10.0. The number of nitrogens with one attached hydrogen (secondary N) is 3. The van der Waals surface area contributed by atoms with Crippen LogP contribution in [0.15, 0.2) is 12.1 Å². The molecule has 5 N–H and O–H groups in total. The molecular weight excluding hydrogens is 448 g/mol. The van der Waals surface area contributed by atoms with E-state index in [1.807, 2.05) is 0 Å². The van der Waals surface area contributed by atoms with Gasteiger partial charge in [-0.2, -0.15) is 0 Å². The monoisotopic (exact) mass is 475 g/mol. The van der Waals surface area contributed by atoms with Crippen LogP contribution in [0.3, 0.4) is 0 Å². The molecule has 34 heavy (non-hydrogen) atoms. The molecule has 10 heteroatoms. The van der Waals surface area contributed by atoms with E-state index in [9.17, 15) is 33.4 Å². The number of hydrogen-bond donors (Lipinski definition) is 5. The van der Waals surface area contributed by atoms with Crippen LogP contribution in [0, 0.1) is 25.5 Å². The highest BCUT2D eigenvalue weighted by molar-refractivity contribution is 6.35. The first-order chi connectivity index (χ1) is 16.0. The molecule has 0 spiro atoms. The number of ketones is 1. The highest BCUT2D eigenvalue weighted by atomic mass is 19.2. The first-order valence-corrected chi connectivity index (χ1v) is 10.8. The van der Waals surface area contributed by atoms with Gasteiger partial charge in [0.25, 0.3) is 11.8 Å². The minimum absolute atomic E-state index is 0.0239. The Morgan fingerprint density at radius 1 is 1.18 bits per heavy atom. The largest absolute Gasteiger partial charge is 0.393 e. The summed E-state index contributed by atoms with van der Waals surface area (Å²) in [6, 6.07) is 2.22. The fourth-order valence-corrected chi connectivity index (χ4v) is 4.05. The third kappa shape index (κ3) is 5.40. The number of halogens is 2. The fourth-order valence-electron chi connectivity index (χ4n) is 4.05. The minimum atomic E-state index is -1.13. The normalized spacial score (nSPS) is 15.7. The van der Waals surface area contributed by atoms with Crippen molar-refractivity contribution in [1.82, 2.24) is 10.3 Å². The molecule has 2 aromatic rings. The topological polar surface area (TPSA) is 132 Å². The molecule has 0 aliphatic carbocycles. The van der Waals surface area contributed by atoms with Gasteiger partial charge in [-0.1, -0.05) is 0 Å². The number of aromatic nitrogens is 1. The number of rotatable bonds is 9. The second-order valence-electron chi connectivity index (χ2n) is 8.45. The Labute approximate surface area is 195 Å². The zero-order valence-electron chi connectivity index (χ0n) is 19.1. The Hall–Kier alpha value is -3.37. The Morgan fingerprint density at radius 2 is 1.88 bits per heavy atom. The van der Waals surface area contributed by atoms with Gasteiger partial charge in [-0.15, -0.1) is 0 Å². The van der Waals surface area contributed by atoms with E-state index in [4.69, 9.17) is 0 Å². The number of aliphatic hydroxyl groups is 2. The maximum absolute atomic E-state index is 14.4. The quantitative estimate of drug-likeness (QED) is 0.356. The molecule has 0 saturated heterocycles. The molecule has 1 aromatic heterocycles. The molecule has 0 bridgehead atoms. The summed E-state index contributed by atoms with van der Waals surface area (Å²) in [5.74, 6) is -3.38. The first-order valence-electron chi connectivity index (χ1n) is 10.8. The van der Waals surface area contributed by atoms with Crippen molar-refractivity contribution in [3.63, 3.8) is 0 Å². The smallest absolute Gasteiger partial charge is 0.256 e. The van der Waals surface area contributed by atoms with E-state index >= 15 is 0 Å². The third-order valence-corrected chi connectivity index (χ3v) is 5.68. The predicted molar refractivity (Wildman–Crippen MR) is 122 cm³/mol. The van der Waals surface area contributed by atoms with E-state index in [1.165, 1.54) is 19.1 Å². The van der Waals surface area contributed by atoms with E-state index in [0.717, 1.165) is 6.07 Å². The summed E-state index contributed by atoms with van der Waals surface area (Å²) in [5.41, 5.74) is 1.70. The molecule has 3 rings (SSSR count). The van der Waals surface area contributed by atoms with E-state index in [2.05, 4.69) is 15.6 Å². The summed E-state index contributed by atoms with van der Waals surface area (Å²) < 4.78 is 28.1. The van der Waals surface area contributed by atoms with Crippen LogP contribution in [0.4, 0.5) is 14.5 Å². The van der Waals surface area contributed by atoms with Crippen molar-refractivity contribution in [3.05, 3.63) is 51.8 Å². The number of aromatic amines is 1. The van der Waals surface area contributed by atoms with Crippen LogP contribution in [0.25, 0.3) is 11.6 Å². The molecule has 1 aliphatic rings. The Bertz CT molecular complexity index is 1170. The minimum Gasteiger partial charge on any atom is -0.393 e. The molecular formula is C24H27F2N3O5. The van der Waals surface area contributed by atoms with Gasteiger partial charge in [-0.25, -0.2) is 8.78 Å². The molecule has 0 fully saturated rings. The van der Waals surface area contributed by atoms with Crippen LogP contribution >= 0.6 is 0 Å². The Balaban J connectivity index is 1.72. The van der Waals surface area contributed by atoms with Crippen LogP contribution in [0.5, 0.6) is 0 Å². The highest BCUT2D eigenvalue weighted by Gasteiger charge is 2.30. The van der Waals surface area contributed by atoms with Gasteiger partial charge in [0.15, 0.2) is 11.6 Å². The molecule has 1 aliphatic heterocycles. The average molecular weight is 475 g/mol. The van der Waals surface area contributed by atoms with Gasteiger partial charge >= 0.3 is 0 Å². The van der Waals surface area contributed by atoms with Crippen molar-refractivity contribution in [3.8, 4) is 0 Å². The number of aryl methyl sites for hydroxylation is 1. The SMILES string of the molecule is CC(=O)CC(O)CC(O)CCNC(=O)c1c(C)[nH]c(/C=C2\C(=O)Nc3ccc(F)c(F)c32)c1C. The molecule has 1 aromatic carbocycles. The number of carbonyl (C=O) groups excluding carboxylic acids is 3. The maximum atomic E-state index is 14.4. The Morgan fingerprint density at radius 3 is 2.56 bits per heavy atom. The van der Waals surface area contributed by atoms with Crippen LogP contribution in [-0.4, -0.2) is 51.5 Å². The van der Waals surface area contributed by atoms with Gasteiger partial charge in [0.2, 0.25) is 0 Å².